The van der Waals surface area contributed by atoms with Crippen LogP contribution in [0.5, 0.6) is 5.75 Å². The predicted molar refractivity (Wildman–Crippen MR) is 99.0 cm³/mol. The summed E-state index contributed by atoms with van der Waals surface area (Å²) < 4.78 is 49.3. The molecule has 0 N–H and O–H groups in total. The fraction of sp³-hybridized carbons (Fsp3) is 0.263. The summed E-state index contributed by atoms with van der Waals surface area (Å²) in [6, 6.07) is 9.51. The van der Waals surface area contributed by atoms with Crippen LogP contribution in [0.25, 0.3) is 0 Å². The van der Waals surface area contributed by atoms with Crippen molar-refractivity contribution in [1.29, 1.82) is 0 Å². The molecule has 0 amide bonds. The Morgan fingerprint density at radius 3 is 2.29 bits per heavy atom. The number of hydrogen-bond donors (Lipinski definition) is 0. The number of benzene rings is 2. The Morgan fingerprint density at radius 1 is 1.11 bits per heavy atom. The van der Waals surface area contributed by atoms with Crippen molar-refractivity contribution in [2.75, 3.05) is 20.7 Å². The molecule has 150 valence electrons. The lowest BCUT2D eigenvalue weighted by Crippen LogP contribution is -2.33. The summed E-state index contributed by atoms with van der Waals surface area (Å²) in [5.74, 6) is -1.50. The van der Waals surface area contributed by atoms with Crippen LogP contribution in [0.2, 0.25) is 0 Å². The number of ether oxygens (including phenoxy) is 2. The SMILES string of the molecule is COc1ccc(COC(=O)CN(C)S(=O)(=O)c2ccc(C(C)=O)cc2)cc1F. The third-order valence-electron chi connectivity index (χ3n) is 3.94. The van der Waals surface area contributed by atoms with E-state index in [1.54, 1.807) is 0 Å². The van der Waals surface area contributed by atoms with Gasteiger partial charge in [-0.2, -0.15) is 4.31 Å². The van der Waals surface area contributed by atoms with Gasteiger partial charge in [-0.3, -0.25) is 9.59 Å². The number of likely N-dealkylation sites (N-methyl/N-ethyl adjacent to an activating group) is 1. The first-order chi connectivity index (χ1) is 13.1. The van der Waals surface area contributed by atoms with Crippen LogP contribution in [0.1, 0.15) is 22.8 Å². The van der Waals surface area contributed by atoms with E-state index < -0.39 is 28.4 Å². The minimum Gasteiger partial charge on any atom is -0.494 e. The summed E-state index contributed by atoms with van der Waals surface area (Å²) in [5, 5.41) is 0. The topological polar surface area (TPSA) is 90.0 Å². The molecule has 0 aromatic heterocycles. The molecule has 0 saturated carbocycles. The summed E-state index contributed by atoms with van der Waals surface area (Å²) in [4.78, 5) is 23.2. The largest absolute Gasteiger partial charge is 0.494 e. The second kappa shape index (κ2) is 8.94. The average Bonchev–Trinajstić information content (AvgIpc) is 2.66. The molecule has 2 aromatic carbocycles. The lowest BCUT2D eigenvalue weighted by Gasteiger charge is -2.16. The molecule has 9 heteroatoms. The number of carbonyl (C=O) groups is 2. The van der Waals surface area contributed by atoms with Gasteiger partial charge in [0.1, 0.15) is 13.2 Å². The van der Waals surface area contributed by atoms with Crippen molar-refractivity contribution in [3.8, 4) is 5.75 Å². The smallest absolute Gasteiger partial charge is 0.321 e. The summed E-state index contributed by atoms with van der Waals surface area (Å²) in [6.45, 7) is 0.650. The fourth-order valence-corrected chi connectivity index (χ4v) is 3.43. The lowest BCUT2D eigenvalue weighted by atomic mass is 10.2. The maximum Gasteiger partial charge on any atom is 0.321 e. The third kappa shape index (κ3) is 5.14. The Kier molecular flexibility index (Phi) is 6.87. The molecule has 28 heavy (non-hydrogen) atoms. The number of nitrogens with zero attached hydrogens (tertiary/aromatic N) is 1. The number of rotatable bonds is 8. The van der Waals surface area contributed by atoms with Gasteiger partial charge >= 0.3 is 5.97 Å². The van der Waals surface area contributed by atoms with Crippen LogP contribution in [0.3, 0.4) is 0 Å². The van der Waals surface area contributed by atoms with Crippen LogP contribution >= 0.6 is 0 Å². The maximum absolute atomic E-state index is 13.6. The molecule has 0 radical (unpaired) electrons. The highest BCUT2D eigenvalue weighted by Crippen LogP contribution is 2.19. The number of halogens is 1. The first kappa shape index (κ1) is 21.5. The standard InChI is InChI=1S/C19H20FNO6S/c1-13(22)15-5-7-16(8-6-15)28(24,25)21(2)11-19(23)27-12-14-4-9-18(26-3)17(20)10-14/h4-10H,11-12H2,1-3H3. The lowest BCUT2D eigenvalue weighted by molar-refractivity contribution is -0.144. The van der Waals surface area contributed by atoms with E-state index in [-0.39, 0.29) is 23.0 Å². The number of ketones is 1. The highest BCUT2D eigenvalue weighted by Gasteiger charge is 2.23. The Labute approximate surface area is 162 Å². The summed E-state index contributed by atoms with van der Waals surface area (Å²) in [5.41, 5.74) is 0.782. The maximum atomic E-state index is 13.6. The molecule has 0 heterocycles. The molecule has 0 aliphatic heterocycles. The van der Waals surface area contributed by atoms with Crippen molar-refractivity contribution >= 4 is 21.8 Å². The third-order valence-corrected chi connectivity index (χ3v) is 5.75. The summed E-state index contributed by atoms with van der Waals surface area (Å²) >= 11 is 0. The summed E-state index contributed by atoms with van der Waals surface area (Å²) in [6.07, 6.45) is 0. The second-order valence-corrected chi connectivity index (χ2v) is 8.02. The zero-order valence-electron chi connectivity index (χ0n) is 15.6. The fourth-order valence-electron chi connectivity index (χ4n) is 2.32. The number of Topliss-reactive ketones (excluding diaryl/α,β-unsaturated/α-hetero) is 1. The Morgan fingerprint density at radius 2 is 1.75 bits per heavy atom. The molecule has 0 fully saturated rings. The molecule has 0 bridgehead atoms. The van der Waals surface area contributed by atoms with Crippen molar-refractivity contribution in [1.82, 2.24) is 4.31 Å². The van der Waals surface area contributed by atoms with Crippen LogP contribution in [-0.2, 0) is 26.2 Å². The first-order valence-corrected chi connectivity index (χ1v) is 9.64. The summed E-state index contributed by atoms with van der Waals surface area (Å²) in [7, 11) is -1.36. The predicted octanol–water partition coefficient (Wildman–Crippen LogP) is 2.40. The molecule has 7 nitrogen and oxygen atoms in total. The zero-order valence-corrected chi connectivity index (χ0v) is 16.5. The average molecular weight is 409 g/mol. The Bertz CT molecular complexity index is 972. The number of hydrogen-bond acceptors (Lipinski definition) is 6. The minimum atomic E-state index is -3.93. The van der Waals surface area contributed by atoms with Gasteiger partial charge in [0, 0.05) is 12.6 Å². The van der Waals surface area contributed by atoms with E-state index in [1.807, 2.05) is 0 Å². The van der Waals surface area contributed by atoms with Crippen molar-refractivity contribution in [3.05, 3.63) is 59.4 Å². The monoisotopic (exact) mass is 409 g/mol. The van der Waals surface area contributed by atoms with Crippen molar-refractivity contribution in [2.45, 2.75) is 18.4 Å². The van der Waals surface area contributed by atoms with Crippen LogP contribution in [0.15, 0.2) is 47.4 Å². The molecule has 0 aliphatic carbocycles. The molecule has 0 aliphatic rings. The molecule has 0 atom stereocenters. The zero-order chi connectivity index (χ0) is 20.9. The molecule has 2 rings (SSSR count). The van der Waals surface area contributed by atoms with Crippen LogP contribution in [-0.4, -0.2) is 45.2 Å². The molecule has 0 unspecified atom stereocenters. The van der Waals surface area contributed by atoms with E-state index >= 15 is 0 Å². The van der Waals surface area contributed by atoms with E-state index in [1.165, 1.54) is 63.5 Å². The quantitative estimate of drug-likeness (QED) is 0.491. The van der Waals surface area contributed by atoms with Crippen LogP contribution in [0, 0.1) is 5.82 Å². The van der Waals surface area contributed by atoms with E-state index in [0.29, 0.717) is 11.1 Å². The molecule has 0 spiro atoms. The number of esters is 1. The molecular formula is C19H20FNO6S. The Hall–Kier alpha value is -2.78. The first-order valence-electron chi connectivity index (χ1n) is 8.20. The van der Waals surface area contributed by atoms with Gasteiger partial charge in [-0.25, -0.2) is 12.8 Å². The van der Waals surface area contributed by atoms with E-state index in [4.69, 9.17) is 9.47 Å². The normalized spacial score (nSPS) is 11.3. The van der Waals surface area contributed by atoms with Gasteiger partial charge < -0.3 is 9.47 Å². The van der Waals surface area contributed by atoms with Gasteiger partial charge in [-0.1, -0.05) is 18.2 Å². The van der Waals surface area contributed by atoms with Gasteiger partial charge in [0.25, 0.3) is 0 Å². The van der Waals surface area contributed by atoms with Crippen molar-refractivity contribution in [2.24, 2.45) is 0 Å². The van der Waals surface area contributed by atoms with E-state index in [2.05, 4.69) is 0 Å². The van der Waals surface area contributed by atoms with Gasteiger partial charge in [-0.05, 0) is 36.8 Å². The van der Waals surface area contributed by atoms with Crippen LogP contribution < -0.4 is 4.74 Å². The van der Waals surface area contributed by atoms with Gasteiger partial charge in [-0.15, -0.1) is 0 Å². The number of carbonyl (C=O) groups excluding carboxylic acids is 2. The Balaban J connectivity index is 1.98. The molecular weight excluding hydrogens is 389 g/mol. The molecule has 2 aromatic rings. The number of sulfonamides is 1. The highest BCUT2D eigenvalue weighted by molar-refractivity contribution is 7.89. The van der Waals surface area contributed by atoms with E-state index in [9.17, 15) is 22.4 Å². The van der Waals surface area contributed by atoms with Gasteiger partial charge in [0.2, 0.25) is 10.0 Å². The van der Waals surface area contributed by atoms with Crippen molar-refractivity contribution in [3.63, 3.8) is 0 Å². The van der Waals surface area contributed by atoms with Crippen LogP contribution in [0.4, 0.5) is 4.39 Å². The van der Waals surface area contributed by atoms with Gasteiger partial charge in [0.15, 0.2) is 17.3 Å². The highest BCUT2D eigenvalue weighted by atomic mass is 32.2. The molecule has 0 saturated heterocycles. The van der Waals surface area contributed by atoms with Gasteiger partial charge in [0.05, 0.1) is 12.0 Å². The minimum absolute atomic E-state index is 0.0509. The van der Waals surface area contributed by atoms with E-state index in [0.717, 1.165) is 4.31 Å². The van der Waals surface area contributed by atoms with Crippen molar-refractivity contribution < 1.29 is 31.9 Å². The second-order valence-electron chi connectivity index (χ2n) is 5.97. The number of methoxy groups -OCH3 is 1.